The molecule has 3 aromatic carbocycles. The van der Waals surface area contributed by atoms with Crippen LogP contribution in [0.2, 0.25) is 5.02 Å². The van der Waals surface area contributed by atoms with Crippen LogP contribution in [0.5, 0.6) is 11.5 Å². The lowest BCUT2D eigenvalue weighted by atomic mass is 10.1. The number of ether oxygens (including phenoxy) is 2. The molecule has 0 saturated carbocycles. The van der Waals surface area contributed by atoms with Crippen LogP contribution in [0, 0.1) is 6.92 Å². The smallest absolute Gasteiger partial charge is 0.298 e. The minimum atomic E-state index is -0.423. The second kappa shape index (κ2) is 10.7. The summed E-state index contributed by atoms with van der Waals surface area (Å²) >= 11 is 10.6. The number of thioether (sulfide) groups is 1. The molecule has 1 aliphatic heterocycles. The molecule has 0 spiro atoms. The van der Waals surface area contributed by atoms with E-state index in [0.29, 0.717) is 50.4 Å². The van der Waals surface area contributed by atoms with Crippen molar-refractivity contribution in [2.24, 2.45) is 0 Å². The van der Waals surface area contributed by atoms with E-state index in [4.69, 9.17) is 21.1 Å². The number of hydrogen-bond donors (Lipinski definition) is 0. The fourth-order valence-electron chi connectivity index (χ4n) is 3.34. The van der Waals surface area contributed by atoms with Gasteiger partial charge >= 0.3 is 0 Å². The van der Waals surface area contributed by atoms with E-state index in [9.17, 15) is 9.59 Å². The maximum Gasteiger partial charge on any atom is 0.298 e. The SMILES string of the molecule is CCOc1cc(/C=C2\SC(=O)N(c3ccccc3Cl)C2=O)c(Br)cc1OCc1ccc(C)cc1. The van der Waals surface area contributed by atoms with Gasteiger partial charge in [0.15, 0.2) is 11.5 Å². The lowest BCUT2D eigenvalue weighted by Gasteiger charge is -2.15. The minimum absolute atomic E-state index is 0.293. The van der Waals surface area contributed by atoms with Gasteiger partial charge in [-0.1, -0.05) is 69.5 Å². The van der Waals surface area contributed by atoms with Gasteiger partial charge in [0, 0.05) is 4.47 Å². The zero-order valence-electron chi connectivity index (χ0n) is 18.5. The van der Waals surface area contributed by atoms with Gasteiger partial charge < -0.3 is 9.47 Å². The Kier molecular flexibility index (Phi) is 7.66. The maximum absolute atomic E-state index is 13.0. The maximum atomic E-state index is 13.0. The average molecular weight is 559 g/mol. The summed E-state index contributed by atoms with van der Waals surface area (Å²) in [5.41, 5.74) is 3.28. The predicted molar refractivity (Wildman–Crippen MR) is 141 cm³/mol. The number of nitrogens with zero attached hydrogens (tertiary/aromatic N) is 1. The second-order valence-electron chi connectivity index (χ2n) is 7.50. The van der Waals surface area contributed by atoms with Gasteiger partial charge in [-0.2, -0.15) is 0 Å². The van der Waals surface area contributed by atoms with Gasteiger partial charge in [-0.05, 0) is 67.1 Å². The Bertz CT molecular complexity index is 1280. The quantitative estimate of drug-likeness (QED) is 0.279. The van der Waals surface area contributed by atoms with E-state index in [1.54, 1.807) is 36.4 Å². The molecule has 0 bridgehead atoms. The van der Waals surface area contributed by atoms with Crippen molar-refractivity contribution in [2.45, 2.75) is 20.5 Å². The summed E-state index contributed by atoms with van der Waals surface area (Å²) in [7, 11) is 0. The Balaban J connectivity index is 1.61. The van der Waals surface area contributed by atoms with Crippen molar-refractivity contribution in [2.75, 3.05) is 11.5 Å². The summed E-state index contributed by atoms with van der Waals surface area (Å²) in [6, 6.07) is 18.5. The van der Waals surface area contributed by atoms with Gasteiger partial charge in [0.2, 0.25) is 0 Å². The van der Waals surface area contributed by atoms with Crippen LogP contribution in [-0.4, -0.2) is 17.8 Å². The summed E-state index contributed by atoms with van der Waals surface area (Å²) in [5.74, 6) is 0.706. The Morgan fingerprint density at radius 3 is 2.44 bits per heavy atom. The fraction of sp³-hybridized carbons (Fsp3) is 0.154. The summed E-state index contributed by atoms with van der Waals surface area (Å²) in [5, 5.41) is -0.0653. The van der Waals surface area contributed by atoms with E-state index < -0.39 is 11.1 Å². The molecule has 1 heterocycles. The number of halogens is 2. The van der Waals surface area contributed by atoms with Gasteiger partial charge in [-0.15, -0.1) is 0 Å². The van der Waals surface area contributed by atoms with Gasteiger partial charge in [-0.25, -0.2) is 4.90 Å². The third kappa shape index (κ3) is 5.32. The molecule has 2 amide bonds. The first kappa shape index (κ1) is 24.4. The lowest BCUT2D eigenvalue weighted by molar-refractivity contribution is -0.113. The Morgan fingerprint density at radius 1 is 1.03 bits per heavy atom. The first-order chi connectivity index (χ1) is 16.4. The molecule has 5 nitrogen and oxygen atoms in total. The topological polar surface area (TPSA) is 55.8 Å². The molecule has 1 fully saturated rings. The number of imide groups is 1. The highest BCUT2D eigenvalue weighted by atomic mass is 79.9. The van der Waals surface area contributed by atoms with E-state index in [1.165, 1.54) is 5.56 Å². The highest BCUT2D eigenvalue weighted by Gasteiger charge is 2.37. The van der Waals surface area contributed by atoms with Crippen LogP contribution >= 0.6 is 39.3 Å². The standard InChI is InChI=1S/C26H21BrClNO4S/c1-3-32-22-12-18(19(27)14-23(22)33-15-17-10-8-16(2)9-11-17)13-24-25(30)29(26(31)34-24)21-7-5-4-6-20(21)28/h4-14H,3,15H2,1-2H3/b24-13-. The highest BCUT2D eigenvalue weighted by molar-refractivity contribution is 9.10. The Labute approximate surface area is 215 Å². The van der Waals surface area contributed by atoms with E-state index in [1.807, 2.05) is 44.2 Å². The zero-order chi connectivity index (χ0) is 24.2. The molecule has 0 atom stereocenters. The van der Waals surface area contributed by atoms with Gasteiger partial charge in [-0.3, -0.25) is 9.59 Å². The number of hydrogen-bond acceptors (Lipinski definition) is 5. The molecule has 0 aromatic heterocycles. The molecule has 1 saturated heterocycles. The van der Waals surface area contributed by atoms with Crippen LogP contribution in [0.3, 0.4) is 0 Å². The largest absolute Gasteiger partial charge is 0.490 e. The Hall–Kier alpha value is -2.74. The van der Waals surface area contributed by atoms with E-state index >= 15 is 0 Å². The van der Waals surface area contributed by atoms with Crippen molar-refractivity contribution in [3.63, 3.8) is 0 Å². The zero-order valence-corrected chi connectivity index (χ0v) is 21.7. The van der Waals surface area contributed by atoms with Crippen LogP contribution in [0.15, 0.2) is 70.0 Å². The number of carbonyl (C=O) groups excluding carboxylic acids is 2. The van der Waals surface area contributed by atoms with Gasteiger partial charge in [0.05, 0.1) is 22.2 Å². The van der Waals surface area contributed by atoms with Crippen molar-refractivity contribution >= 4 is 62.2 Å². The molecule has 3 aromatic rings. The Morgan fingerprint density at radius 2 is 1.74 bits per heavy atom. The third-order valence-electron chi connectivity index (χ3n) is 5.05. The average Bonchev–Trinajstić information content (AvgIpc) is 3.09. The molecular formula is C26H21BrClNO4S. The van der Waals surface area contributed by atoms with Crippen molar-refractivity contribution in [3.8, 4) is 11.5 Å². The van der Waals surface area contributed by atoms with E-state index in [0.717, 1.165) is 22.2 Å². The first-order valence-corrected chi connectivity index (χ1v) is 12.5. The molecule has 0 radical (unpaired) electrons. The van der Waals surface area contributed by atoms with Gasteiger partial charge in [0.1, 0.15) is 6.61 Å². The fourth-order valence-corrected chi connectivity index (χ4v) is 4.82. The number of aryl methyl sites for hydroxylation is 1. The number of rotatable bonds is 7. The number of carbonyl (C=O) groups is 2. The molecule has 0 N–H and O–H groups in total. The molecular weight excluding hydrogens is 538 g/mol. The number of anilines is 1. The van der Waals surface area contributed by atoms with Crippen molar-refractivity contribution in [1.82, 2.24) is 0 Å². The molecule has 174 valence electrons. The minimum Gasteiger partial charge on any atom is -0.490 e. The highest BCUT2D eigenvalue weighted by Crippen LogP contribution is 2.41. The van der Waals surface area contributed by atoms with Crippen LogP contribution in [0.1, 0.15) is 23.6 Å². The summed E-state index contributed by atoms with van der Waals surface area (Å²) in [6.07, 6.45) is 1.66. The normalized spacial score (nSPS) is 14.7. The van der Waals surface area contributed by atoms with Crippen molar-refractivity contribution in [1.29, 1.82) is 0 Å². The number of amides is 2. The molecule has 0 aliphatic carbocycles. The summed E-state index contributed by atoms with van der Waals surface area (Å²) < 4.78 is 12.5. The number of para-hydroxylation sites is 1. The molecule has 4 rings (SSSR count). The van der Waals surface area contributed by atoms with E-state index in [2.05, 4.69) is 15.9 Å². The summed E-state index contributed by atoms with van der Waals surface area (Å²) in [6.45, 7) is 4.77. The van der Waals surface area contributed by atoms with Crippen molar-refractivity contribution < 1.29 is 19.1 Å². The van der Waals surface area contributed by atoms with Crippen molar-refractivity contribution in [3.05, 3.63) is 91.8 Å². The van der Waals surface area contributed by atoms with Crippen LogP contribution < -0.4 is 14.4 Å². The monoisotopic (exact) mass is 557 g/mol. The number of benzene rings is 3. The first-order valence-electron chi connectivity index (χ1n) is 10.5. The molecule has 1 aliphatic rings. The van der Waals surface area contributed by atoms with Crippen LogP contribution in [-0.2, 0) is 11.4 Å². The molecule has 34 heavy (non-hydrogen) atoms. The third-order valence-corrected chi connectivity index (χ3v) is 6.93. The van der Waals surface area contributed by atoms with Gasteiger partial charge in [0.25, 0.3) is 11.1 Å². The van der Waals surface area contributed by atoms with Crippen LogP contribution in [0.4, 0.5) is 10.5 Å². The predicted octanol–water partition coefficient (Wildman–Crippen LogP) is 7.63. The lowest BCUT2D eigenvalue weighted by Crippen LogP contribution is -2.27. The second-order valence-corrected chi connectivity index (χ2v) is 9.75. The van der Waals surface area contributed by atoms with Crippen LogP contribution in [0.25, 0.3) is 6.08 Å². The molecule has 0 unspecified atom stereocenters. The van der Waals surface area contributed by atoms with E-state index in [-0.39, 0.29) is 0 Å². The summed E-state index contributed by atoms with van der Waals surface area (Å²) in [4.78, 5) is 27.0. The molecule has 8 heteroatoms.